The lowest BCUT2D eigenvalue weighted by Gasteiger charge is -2.17. The number of nitrogens with zero attached hydrogens (tertiary/aromatic N) is 5. The molecule has 0 aliphatic carbocycles. The molecule has 1 atom stereocenters. The highest BCUT2D eigenvalue weighted by atomic mass is 32.2. The van der Waals surface area contributed by atoms with Gasteiger partial charge in [0.25, 0.3) is 5.91 Å². The molecule has 2 saturated heterocycles. The van der Waals surface area contributed by atoms with Gasteiger partial charge in [-0.1, -0.05) is 18.7 Å². The molecule has 0 bridgehead atoms. The summed E-state index contributed by atoms with van der Waals surface area (Å²) in [6.45, 7) is 5.83. The van der Waals surface area contributed by atoms with Crippen LogP contribution in [0.15, 0.2) is 42.6 Å². The van der Waals surface area contributed by atoms with Gasteiger partial charge >= 0.3 is 0 Å². The average Bonchev–Trinajstić information content (AvgIpc) is 3.59. The number of anilines is 1. The van der Waals surface area contributed by atoms with Crippen LogP contribution in [0.25, 0.3) is 22.2 Å². The van der Waals surface area contributed by atoms with Crippen molar-refractivity contribution in [3.05, 3.63) is 53.8 Å². The van der Waals surface area contributed by atoms with Crippen molar-refractivity contribution in [2.24, 2.45) is 7.05 Å². The van der Waals surface area contributed by atoms with Crippen molar-refractivity contribution in [2.75, 3.05) is 31.9 Å². The number of likely N-dealkylation sites (tertiary alicyclic amines) is 1. The minimum absolute atomic E-state index is 0.0470. The molecule has 9 nitrogen and oxygen atoms in total. The lowest BCUT2D eigenvalue weighted by molar-refractivity contribution is 0.0793. The fraction of sp³-hybridized carbons (Fsp3) is 0.375. The second-order valence-corrected chi connectivity index (χ2v) is 10.8. The van der Waals surface area contributed by atoms with E-state index in [0.717, 1.165) is 53.5 Å². The van der Waals surface area contributed by atoms with E-state index in [0.29, 0.717) is 36.5 Å². The Morgan fingerprint density at radius 1 is 1.15 bits per heavy atom. The van der Waals surface area contributed by atoms with Gasteiger partial charge < -0.3 is 15.2 Å². The number of aromatic nitrogens is 3. The average molecular weight is 481 g/mol. The molecule has 34 heavy (non-hydrogen) atoms. The molecule has 5 rings (SSSR count). The van der Waals surface area contributed by atoms with Crippen LogP contribution in [0.1, 0.15) is 41.2 Å². The zero-order valence-corrected chi connectivity index (χ0v) is 20.0. The number of fused-ring (bicyclic) bond motifs is 1. The standard InChI is InChI=1S/C24H28N6O3S/c1-3-34(32,33)30-13-10-18(14-30)21-19(20-22(25)26-15-27-23(20)28(21)2)16-6-8-17(9-7-16)24(31)29-11-4-5-12-29/h3,6-9,15,18H,1,4-5,10-14H2,2H3,(H2,25,26,27)/t18-/m1/s1. The smallest absolute Gasteiger partial charge is 0.253 e. The quantitative estimate of drug-likeness (QED) is 0.601. The number of benzene rings is 1. The van der Waals surface area contributed by atoms with E-state index in [1.165, 1.54) is 10.6 Å². The summed E-state index contributed by atoms with van der Waals surface area (Å²) in [5.41, 5.74) is 10.4. The van der Waals surface area contributed by atoms with Crippen molar-refractivity contribution >= 4 is 32.8 Å². The van der Waals surface area contributed by atoms with E-state index >= 15 is 0 Å². The van der Waals surface area contributed by atoms with Crippen LogP contribution in [0.5, 0.6) is 0 Å². The number of nitrogens with two attached hydrogens (primary N) is 1. The maximum atomic E-state index is 12.8. The Labute approximate surface area is 198 Å². The molecule has 3 aromatic rings. The van der Waals surface area contributed by atoms with Crippen molar-refractivity contribution in [1.29, 1.82) is 0 Å². The van der Waals surface area contributed by atoms with Crippen molar-refractivity contribution < 1.29 is 13.2 Å². The Kier molecular flexibility index (Phi) is 5.65. The van der Waals surface area contributed by atoms with Crippen molar-refractivity contribution in [3.8, 4) is 11.1 Å². The highest BCUT2D eigenvalue weighted by Gasteiger charge is 2.35. The van der Waals surface area contributed by atoms with Crippen LogP contribution in [0.3, 0.4) is 0 Å². The largest absolute Gasteiger partial charge is 0.383 e. The van der Waals surface area contributed by atoms with E-state index in [1.807, 2.05) is 40.8 Å². The molecule has 0 spiro atoms. The normalized spacial score (nSPS) is 19.2. The third-order valence-corrected chi connectivity index (χ3v) is 8.44. The number of carbonyl (C=O) groups is 1. The van der Waals surface area contributed by atoms with Gasteiger partial charge in [-0.15, -0.1) is 0 Å². The Bertz CT molecular complexity index is 1370. The van der Waals surface area contributed by atoms with Crippen LogP contribution in [0.2, 0.25) is 0 Å². The number of sulfonamides is 1. The molecule has 178 valence electrons. The predicted octanol–water partition coefficient (Wildman–Crippen LogP) is 2.72. The summed E-state index contributed by atoms with van der Waals surface area (Å²) in [6, 6.07) is 7.56. The monoisotopic (exact) mass is 480 g/mol. The first-order chi connectivity index (χ1) is 16.3. The number of aryl methyl sites for hydroxylation is 1. The lowest BCUT2D eigenvalue weighted by atomic mass is 9.94. The molecular formula is C24H28N6O3S. The summed E-state index contributed by atoms with van der Waals surface area (Å²) in [5.74, 6) is 0.368. The summed E-state index contributed by atoms with van der Waals surface area (Å²) < 4.78 is 28.2. The summed E-state index contributed by atoms with van der Waals surface area (Å²) in [4.78, 5) is 23.4. The van der Waals surface area contributed by atoms with E-state index < -0.39 is 10.0 Å². The minimum Gasteiger partial charge on any atom is -0.383 e. The number of hydrogen-bond acceptors (Lipinski definition) is 6. The Morgan fingerprint density at radius 2 is 1.85 bits per heavy atom. The number of rotatable bonds is 5. The summed E-state index contributed by atoms with van der Waals surface area (Å²) >= 11 is 0. The molecule has 2 fully saturated rings. The van der Waals surface area contributed by atoms with Gasteiger partial charge in [-0.25, -0.2) is 18.4 Å². The first-order valence-electron chi connectivity index (χ1n) is 11.4. The fourth-order valence-electron chi connectivity index (χ4n) is 5.23. The maximum Gasteiger partial charge on any atom is 0.253 e. The Balaban J connectivity index is 1.59. The van der Waals surface area contributed by atoms with Gasteiger partial charge in [-0.3, -0.25) is 4.79 Å². The molecule has 0 saturated carbocycles. The summed E-state index contributed by atoms with van der Waals surface area (Å²) in [7, 11) is -1.58. The van der Waals surface area contributed by atoms with E-state index in [4.69, 9.17) is 5.73 Å². The number of amides is 1. The molecule has 4 heterocycles. The molecule has 0 unspecified atom stereocenters. The van der Waals surface area contributed by atoms with Gasteiger partial charge in [0, 0.05) is 61.4 Å². The highest BCUT2D eigenvalue weighted by Crippen LogP contribution is 2.42. The molecule has 2 N–H and O–H groups in total. The van der Waals surface area contributed by atoms with Crippen LogP contribution < -0.4 is 5.73 Å². The van der Waals surface area contributed by atoms with Crippen LogP contribution >= 0.6 is 0 Å². The number of hydrogen-bond donors (Lipinski definition) is 1. The Morgan fingerprint density at radius 3 is 2.53 bits per heavy atom. The molecule has 2 aliphatic heterocycles. The minimum atomic E-state index is -3.50. The van der Waals surface area contributed by atoms with Crippen molar-refractivity contribution in [2.45, 2.75) is 25.2 Å². The van der Waals surface area contributed by atoms with Gasteiger partial charge in [0.2, 0.25) is 10.0 Å². The van der Waals surface area contributed by atoms with E-state index in [9.17, 15) is 13.2 Å². The second kappa shape index (κ2) is 8.52. The Hall–Kier alpha value is -3.24. The molecule has 10 heteroatoms. The molecule has 1 aromatic carbocycles. The lowest BCUT2D eigenvalue weighted by Crippen LogP contribution is -2.27. The molecular weight excluding hydrogens is 452 g/mol. The van der Waals surface area contributed by atoms with Crippen LogP contribution in [-0.4, -0.2) is 64.2 Å². The van der Waals surface area contributed by atoms with Crippen molar-refractivity contribution in [3.63, 3.8) is 0 Å². The summed E-state index contributed by atoms with van der Waals surface area (Å²) in [5, 5.41) is 1.74. The van der Waals surface area contributed by atoms with Gasteiger partial charge in [0.05, 0.1) is 5.39 Å². The third kappa shape index (κ3) is 3.67. The number of carbonyl (C=O) groups excluding carboxylic acids is 1. The van der Waals surface area contributed by atoms with Crippen molar-refractivity contribution in [1.82, 2.24) is 23.7 Å². The first kappa shape index (κ1) is 22.5. The van der Waals surface area contributed by atoms with Gasteiger partial charge in [0.1, 0.15) is 17.8 Å². The van der Waals surface area contributed by atoms with Crippen LogP contribution in [-0.2, 0) is 17.1 Å². The summed E-state index contributed by atoms with van der Waals surface area (Å²) in [6.07, 6.45) is 4.19. The maximum absolute atomic E-state index is 12.8. The van der Waals surface area contributed by atoms with Gasteiger partial charge in [-0.2, -0.15) is 4.31 Å². The zero-order valence-electron chi connectivity index (χ0n) is 19.1. The first-order valence-corrected chi connectivity index (χ1v) is 12.9. The number of nitrogen functional groups attached to an aromatic ring is 1. The topological polar surface area (TPSA) is 114 Å². The van der Waals surface area contributed by atoms with E-state index in [-0.39, 0.29) is 11.8 Å². The van der Waals surface area contributed by atoms with Crippen LogP contribution in [0.4, 0.5) is 5.82 Å². The fourth-order valence-corrected chi connectivity index (χ4v) is 6.19. The molecule has 1 amide bonds. The van der Waals surface area contributed by atoms with Gasteiger partial charge in [0.15, 0.2) is 0 Å². The highest BCUT2D eigenvalue weighted by molar-refractivity contribution is 7.92. The van der Waals surface area contributed by atoms with E-state index in [1.54, 1.807) is 0 Å². The second-order valence-electron chi connectivity index (χ2n) is 8.91. The zero-order chi connectivity index (χ0) is 24.0. The van der Waals surface area contributed by atoms with Gasteiger partial charge in [-0.05, 0) is 37.0 Å². The predicted molar refractivity (Wildman–Crippen MR) is 132 cm³/mol. The van der Waals surface area contributed by atoms with Crippen LogP contribution in [0, 0.1) is 0 Å². The molecule has 2 aliphatic rings. The SMILES string of the molecule is C=CS(=O)(=O)N1CC[C@@H](c2c(-c3ccc(C(=O)N4CCCC4)cc3)c3c(N)ncnc3n2C)C1. The molecule has 2 aromatic heterocycles. The third-order valence-electron chi connectivity index (χ3n) is 6.96. The molecule has 0 radical (unpaired) electrons. The van der Waals surface area contributed by atoms with E-state index in [2.05, 4.69) is 16.5 Å².